The van der Waals surface area contributed by atoms with Gasteiger partial charge in [0.15, 0.2) is 0 Å². The summed E-state index contributed by atoms with van der Waals surface area (Å²) in [6, 6.07) is 21.7. The Morgan fingerprint density at radius 2 is 1.65 bits per heavy atom. The summed E-state index contributed by atoms with van der Waals surface area (Å²) in [7, 11) is -3.31. The molecule has 4 rings (SSSR count). The molecule has 2 aliphatic rings. The molecule has 26 heavy (non-hydrogen) atoms. The van der Waals surface area contributed by atoms with Crippen LogP contribution in [0.15, 0.2) is 84.6 Å². The molecule has 2 fully saturated rings. The molecule has 5 heteroatoms. The first-order chi connectivity index (χ1) is 12.5. The summed E-state index contributed by atoms with van der Waals surface area (Å²) in [5, 5.41) is 3.88. The van der Waals surface area contributed by atoms with E-state index in [1.54, 1.807) is 0 Å². The maximum Gasteiger partial charge on any atom is 0.208 e. The van der Waals surface area contributed by atoms with E-state index in [0.717, 1.165) is 13.0 Å². The molecular formula is C21H23ClNOPSi. The zero-order valence-electron chi connectivity index (χ0n) is 14.9. The highest BCUT2D eigenvalue weighted by molar-refractivity contribution is 7.78. The first-order valence-electron chi connectivity index (χ1n) is 8.90. The summed E-state index contributed by atoms with van der Waals surface area (Å²) in [4.78, 5) is 0. The first kappa shape index (κ1) is 18.2. The minimum atomic E-state index is -2.22. The van der Waals surface area contributed by atoms with Gasteiger partial charge in [0.1, 0.15) is 14.2 Å². The normalized spacial score (nSPS) is 26.1. The zero-order chi connectivity index (χ0) is 18.3. The van der Waals surface area contributed by atoms with E-state index in [-0.39, 0.29) is 12.1 Å². The molecule has 2 aliphatic heterocycles. The van der Waals surface area contributed by atoms with Crippen molar-refractivity contribution >= 4 is 37.3 Å². The van der Waals surface area contributed by atoms with E-state index in [1.165, 1.54) is 21.1 Å². The number of rotatable bonds is 4. The third-order valence-electron chi connectivity index (χ3n) is 5.78. The van der Waals surface area contributed by atoms with Crippen LogP contribution in [0.3, 0.4) is 0 Å². The Morgan fingerprint density at radius 1 is 1.12 bits per heavy atom. The summed E-state index contributed by atoms with van der Waals surface area (Å²) in [6.45, 7) is 12.2. The van der Waals surface area contributed by atoms with Crippen LogP contribution in [-0.4, -0.2) is 31.4 Å². The van der Waals surface area contributed by atoms with Gasteiger partial charge in [-0.15, -0.1) is 6.58 Å². The Bertz CT molecular complexity index is 789. The quantitative estimate of drug-likeness (QED) is 0.427. The van der Waals surface area contributed by atoms with Gasteiger partial charge in [0.2, 0.25) is 7.65 Å². The highest BCUT2D eigenvalue weighted by atomic mass is 35.7. The Kier molecular flexibility index (Phi) is 4.94. The van der Waals surface area contributed by atoms with Crippen LogP contribution >= 0.6 is 18.9 Å². The lowest BCUT2D eigenvalue weighted by molar-refractivity contribution is 0.276. The second kappa shape index (κ2) is 7.07. The highest BCUT2D eigenvalue weighted by Crippen LogP contribution is 2.60. The first-order valence-corrected chi connectivity index (χ1v) is 13.5. The lowest BCUT2D eigenvalue weighted by Crippen LogP contribution is -2.60. The molecule has 2 aromatic carbocycles. The number of hydrogen-bond acceptors (Lipinski definition) is 2. The summed E-state index contributed by atoms with van der Waals surface area (Å²) < 4.78 is 8.56. The molecular weight excluding hydrogens is 377 g/mol. The van der Waals surface area contributed by atoms with E-state index in [2.05, 4.69) is 85.0 Å². The van der Waals surface area contributed by atoms with Gasteiger partial charge >= 0.3 is 0 Å². The van der Waals surface area contributed by atoms with Crippen LogP contribution in [0.1, 0.15) is 6.42 Å². The van der Waals surface area contributed by atoms with Crippen LogP contribution in [0.4, 0.5) is 0 Å². The molecule has 3 atom stereocenters. The van der Waals surface area contributed by atoms with Crippen LogP contribution in [0.5, 0.6) is 0 Å². The van der Waals surface area contributed by atoms with E-state index in [0.29, 0.717) is 0 Å². The molecule has 2 heterocycles. The Hall–Kier alpha value is -1.22. The fourth-order valence-electron chi connectivity index (χ4n) is 4.13. The van der Waals surface area contributed by atoms with Gasteiger partial charge in [-0.1, -0.05) is 79.4 Å². The van der Waals surface area contributed by atoms with Gasteiger partial charge in [0.25, 0.3) is 0 Å². The molecule has 134 valence electrons. The van der Waals surface area contributed by atoms with Crippen LogP contribution in [-0.2, 0) is 4.52 Å². The molecule has 0 saturated carbocycles. The van der Waals surface area contributed by atoms with Crippen molar-refractivity contribution in [3.63, 3.8) is 0 Å². The molecule has 2 saturated heterocycles. The second-order valence-electron chi connectivity index (χ2n) is 7.15. The number of fused-ring (bicyclic) bond motifs is 1. The van der Waals surface area contributed by atoms with Gasteiger partial charge in [0, 0.05) is 6.54 Å². The number of benzene rings is 2. The SMILES string of the molecule is C=C1CCN2[C@H]1[C@H](C(=C)[Si](C)(c1ccccc1)c1ccccc1)OP2Cl. The second-order valence-corrected chi connectivity index (χ2v) is 13.2. The number of nitrogens with zero attached hydrogens (tertiary/aromatic N) is 1. The van der Waals surface area contributed by atoms with Gasteiger partial charge in [0.05, 0.1) is 6.04 Å². The molecule has 0 bridgehead atoms. The maximum atomic E-state index is 6.56. The molecule has 2 aromatic rings. The number of hydrogen-bond donors (Lipinski definition) is 0. The fourth-order valence-corrected chi connectivity index (χ4v) is 9.87. The van der Waals surface area contributed by atoms with Crippen molar-refractivity contribution in [2.24, 2.45) is 0 Å². The number of halogens is 1. The van der Waals surface area contributed by atoms with Crippen molar-refractivity contribution in [1.82, 2.24) is 4.67 Å². The Labute approximate surface area is 162 Å². The Balaban J connectivity index is 1.80. The fraction of sp³-hybridized carbons (Fsp3) is 0.238. The predicted octanol–water partition coefficient (Wildman–Crippen LogP) is 4.47. The molecule has 0 radical (unpaired) electrons. The minimum absolute atomic E-state index is 0.0781. The molecule has 0 aliphatic carbocycles. The lowest BCUT2D eigenvalue weighted by atomic mass is 10.1. The van der Waals surface area contributed by atoms with Crippen molar-refractivity contribution in [2.45, 2.75) is 25.1 Å². The summed E-state index contributed by atoms with van der Waals surface area (Å²) >= 11 is 6.56. The highest BCUT2D eigenvalue weighted by Gasteiger charge is 2.52. The summed E-state index contributed by atoms with van der Waals surface area (Å²) in [6.07, 6.45) is 0.920. The van der Waals surface area contributed by atoms with Gasteiger partial charge < -0.3 is 4.52 Å². The van der Waals surface area contributed by atoms with Crippen LogP contribution in [0.25, 0.3) is 0 Å². The van der Waals surface area contributed by atoms with E-state index in [4.69, 9.17) is 15.8 Å². The van der Waals surface area contributed by atoms with Crippen molar-refractivity contribution in [2.75, 3.05) is 6.54 Å². The van der Waals surface area contributed by atoms with Gasteiger partial charge in [-0.05, 0) is 33.2 Å². The third kappa shape index (κ3) is 2.83. The molecule has 1 unspecified atom stereocenters. The van der Waals surface area contributed by atoms with Crippen molar-refractivity contribution < 1.29 is 4.52 Å². The van der Waals surface area contributed by atoms with Crippen molar-refractivity contribution in [3.05, 3.63) is 84.6 Å². The van der Waals surface area contributed by atoms with Gasteiger partial charge in [-0.2, -0.15) is 0 Å². The van der Waals surface area contributed by atoms with Crippen molar-refractivity contribution in [3.8, 4) is 0 Å². The summed E-state index contributed by atoms with van der Waals surface area (Å²) in [5.41, 5.74) is 1.22. The molecule has 0 N–H and O–H groups in total. The monoisotopic (exact) mass is 399 g/mol. The zero-order valence-corrected chi connectivity index (χ0v) is 17.6. The topological polar surface area (TPSA) is 12.5 Å². The maximum absolute atomic E-state index is 6.56. The van der Waals surface area contributed by atoms with Crippen LogP contribution < -0.4 is 10.4 Å². The van der Waals surface area contributed by atoms with E-state index in [9.17, 15) is 0 Å². The van der Waals surface area contributed by atoms with Crippen LogP contribution in [0, 0.1) is 0 Å². The largest absolute Gasteiger partial charge is 0.322 e. The van der Waals surface area contributed by atoms with Gasteiger partial charge in [-0.25, -0.2) is 4.67 Å². The standard InChI is InChI=1S/C21H23ClNOPSi/c1-16-14-15-23-20(16)21(24-25(23)22)17(2)26(3,18-10-6-4-7-11-18)19-12-8-5-9-13-19/h4-13,20-21H,1-2,14-15H2,3H3/t20-,21+,25?/m1/s1. The average Bonchev–Trinajstić information content (AvgIpc) is 3.23. The molecule has 0 spiro atoms. The van der Waals surface area contributed by atoms with Crippen molar-refractivity contribution in [1.29, 1.82) is 0 Å². The van der Waals surface area contributed by atoms with E-state index < -0.39 is 15.7 Å². The molecule has 2 nitrogen and oxygen atoms in total. The minimum Gasteiger partial charge on any atom is -0.322 e. The van der Waals surface area contributed by atoms with Crippen LogP contribution in [0.2, 0.25) is 6.55 Å². The Morgan fingerprint density at radius 3 is 2.19 bits per heavy atom. The van der Waals surface area contributed by atoms with Gasteiger partial charge in [-0.3, -0.25) is 0 Å². The molecule has 0 amide bonds. The lowest BCUT2D eigenvalue weighted by Gasteiger charge is -2.35. The van der Waals surface area contributed by atoms with E-state index in [1.807, 2.05) is 0 Å². The van der Waals surface area contributed by atoms with E-state index >= 15 is 0 Å². The average molecular weight is 400 g/mol. The predicted molar refractivity (Wildman–Crippen MR) is 115 cm³/mol. The summed E-state index contributed by atoms with van der Waals surface area (Å²) in [5.74, 6) is 0. The third-order valence-corrected chi connectivity index (χ3v) is 12.4. The smallest absolute Gasteiger partial charge is 0.208 e. The molecule has 0 aromatic heterocycles.